The smallest absolute Gasteiger partial charge is 0.280 e. The number of aromatic nitrogens is 1. The summed E-state index contributed by atoms with van der Waals surface area (Å²) in [6.45, 7) is 0.502. The summed E-state index contributed by atoms with van der Waals surface area (Å²) < 4.78 is 59.0. The summed E-state index contributed by atoms with van der Waals surface area (Å²) >= 11 is 0. The summed E-state index contributed by atoms with van der Waals surface area (Å²) in [6.07, 6.45) is -0.402. The molecule has 1 aromatic heterocycles. The van der Waals surface area contributed by atoms with Gasteiger partial charge in [-0.25, -0.2) is 17.6 Å². The highest BCUT2D eigenvalue weighted by atomic mass is 19.3. The van der Waals surface area contributed by atoms with Crippen molar-refractivity contribution in [3.05, 3.63) is 65.0 Å². The molecule has 0 bridgehead atoms. The van der Waals surface area contributed by atoms with Gasteiger partial charge in [0.05, 0.1) is 11.6 Å². The van der Waals surface area contributed by atoms with Crippen LogP contribution in [-0.4, -0.2) is 51.5 Å². The number of rotatable bonds is 3. The zero-order valence-corrected chi connectivity index (χ0v) is 17.5. The lowest BCUT2D eigenvalue weighted by atomic mass is 9.89. The molecule has 2 unspecified atom stereocenters. The van der Waals surface area contributed by atoms with Gasteiger partial charge in [-0.1, -0.05) is 0 Å². The number of likely N-dealkylation sites (tertiary alicyclic amines) is 1. The summed E-state index contributed by atoms with van der Waals surface area (Å²) in [5.74, 6) is -1.97. The molecule has 2 atom stereocenters. The minimum atomic E-state index is -2.71. The van der Waals surface area contributed by atoms with E-state index in [2.05, 4.69) is 4.98 Å². The first-order valence-corrected chi connectivity index (χ1v) is 10.8. The van der Waals surface area contributed by atoms with E-state index >= 15 is 0 Å². The second-order valence-electron chi connectivity index (χ2n) is 8.64. The standard InChI is InChI=1S/C23H21F4N3O3/c24-15-9-14(10-16(25)11-15)18-3-4-19-30(18)22(32)23(33-19)5-7-29(8-6-23)21(31)13-1-2-17(20(26)27)28-12-13/h1-2,9-12,18-20H,3-8H2. The number of piperidine rings is 1. The predicted octanol–water partition coefficient (Wildman–Crippen LogP) is 3.99. The Kier molecular flexibility index (Phi) is 5.35. The number of benzene rings is 1. The summed E-state index contributed by atoms with van der Waals surface area (Å²) in [5.41, 5.74) is -0.884. The fraction of sp³-hybridized carbons (Fsp3) is 0.435. The molecule has 0 radical (unpaired) electrons. The molecular formula is C23H21F4N3O3. The molecule has 2 amide bonds. The molecular weight excluding hydrogens is 442 g/mol. The lowest BCUT2D eigenvalue weighted by Gasteiger charge is -2.37. The van der Waals surface area contributed by atoms with Crippen molar-refractivity contribution in [1.29, 1.82) is 0 Å². The van der Waals surface area contributed by atoms with E-state index in [1.165, 1.54) is 18.2 Å². The number of fused-ring (bicyclic) bond motifs is 1. The van der Waals surface area contributed by atoms with E-state index in [1.807, 2.05) is 0 Å². The van der Waals surface area contributed by atoms with Gasteiger partial charge >= 0.3 is 0 Å². The van der Waals surface area contributed by atoms with Crippen LogP contribution < -0.4 is 0 Å². The molecule has 1 aromatic carbocycles. The Hall–Kier alpha value is -3.01. The van der Waals surface area contributed by atoms with Crippen molar-refractivity contribution in [2.24, 2.45) is 0 Å². The normalized spacial score (nSPS) is 24.1. The zero-order valence-electron chi connectivity index (χ0n) is 17.5. The molecule has 4 heterocycles. The molecule has 1 spiro atoms. The van der Waals surface area contributed by atoms with E-state index in [9.17, 15) is 27.2 Å². The van der Waals surface area contributed by atoms with Crippen LogP contribution in [0.3, 0.4) is 0 Å². The number of amides is 2. The van der Waals surface area contributed by atoms with Gasteiger partial charge in [0.1, 0.15) is 23.6 Å². The predicted molar refractivity (Wildman–Crippen MR) is 107 cm³/mol. The van der Waals surface area contributed by atoms with Gasteiger partial charge < -0.3 is 14.5 Å². The van der Waals surface area contributed by atoms with E-state index < -0.39 is 41.6 Å². The van der Waals surface area contributed by atoms with Crippen molar-refractivity contribution in [3.8, 4) is 0 Å². The minimum Gasteiger partial charge on any atom is -0.342 e. The van der Waals surface area contributed by atoms with Crippen LogP contribution in [0.25, 0.3) is 0 Å². The van der Waals surface area contributed by atoms with Crippen molar-refractivity contribution >= 4 is 11.8 Å². The Morgan fingerprint density at radius 2 is 1.79 bits per heavy atom. The molecule has 3 saturated heterocycles. The maximum absolute atomic E-state index is 13.7. The molecule has 0 aliphatic carbocycles. The molecule has 6 nitrogen and oxygen atoms in total. The van der Waals surface area contributed by atoms with E-state index in [1.54, 1.807) is 9.80 Å². The first-order valence-electron chi connectivity index (χ1n) is 10.8. The van der Waals surface area contributed by atoms with Crippen LogP contribution in [0.1, 0.15) is 59.8 Å². The second-order valence-corrected chi connectivity index (χ2v) is 8.64. The van der Waals surface area contributed by atoms with Crippen LogP contribution >= 0.6 is 0 Å². The number of ether oxygens (including phenoxy) is 1. The Balaban J connectivity index is 1.28. The molecule has 3 aliphatic rings. The third-order valence-corrected chi connectivity index (χ3v) is 6.70. The number of carbonyl (C=O) groups excluding carboxylic acids is 2. The summed E-state index contributed by atoms with van der Waals surface area (Å²) in [4.78, 5) is 32.9. The number of nitrogens with zero attached hydrogens (tertiary/aromatic N) is 3. The van der Waals surface area contributed by atoms with Crippen LogP contribution in [0.4, 0.5) is 17.6 Å². The topological polar surface area (TPSA) is 62.7 Å². The van der Waals surface area contributed by atoms with Crippen molar-refractivity contribution in [2.75, 3.05) is 13.1 Å². The molecule has 3 fully saturated rings. The van der Waals surface area contributed by atoms with Gasteiger partial charge in [-0.3, -0.25) is 14.6 Å². The number of pyridine rings is 1. The third-order valence-electron chi connectivity index (χ3n) is 6.70. The quantitative estimate of drug-likeness (QED) is 0.646. The van der Waals surface area contributed by atoms with Crippen LogP contribution in [0.5, 0.6) is 0 Å². The Bertz CT molecular complexity index is 1070. The van der Waals surface area contributed by atoms with E-state index in [-0.39, 0.29) is 43.3 Å². The zero-order chi connectivity index (χ0) is 23.3. The first-order chi connectivity index (χ1) is 15.8. The molecule has 0 saturated carbocycles. The van der Waals surface area contributed by atoms with Crippen molar-refractivity contribution in [1.82, 2.24) is 14.8 Å². The molecule has 5 rings (SSSR count). The highest BCUT2D eigenvalue weighted by Crippen LogP contribution is 2.47. The fourth-order valence-corrected chi connectivity index (χ4v) is 5.05. The van der Waals surface area contributed by atoms with E-state index in [4.69, 9.17) is 4.74 Å². The largest absolute Gasteiger partial charge is 0.342 e. The highest BCUT2D eigenvalue weighted by molar-refractivity contribution is 5.94. The number of hydrogen-bond acceptors (Lipinski definition) is 4. The lowest BCUT2D eigenvalue weighted by molar-refractivity contribution is -0.142. The number of halogens is 4. The Morgan fingerprint density at radius 1 is 1.09 bits per heavy atom. The summed E-state index contributed by atoms with van der Waals surface area (Å²) in [5, 5.41) is 0. The average molecular weight is 463 g/mol. The second kappa shape index (κ2) is 8.09. The third kappa shape index (κ3) is 3.76. The maximum Gasteiger partial charge on any atom is 0.280 e. The molecule has 3 aliphatic heterocycles. The number of carbonyl (C=O) groups is 2. The van der Waals surface area contributed by atoms with Crippen LogP contribution in [-0.2, 0) is 9.53 Å². The SMILES string of the molecule is O=C(c1ccc(C(F)F)nc1)N1CCC2(CC1)OC1CCC(c3cc(F)cc(F)c3)N1C2=O. The van der Waals surface area contributed by atoms with E-state index in [0.717, 1.165) is 18.3 Å². The van der Waals surface area contributed by atoms with Gasteiger partial charge in [-0.2, -0.15) is 0 Å². The molecule has 10 heteroatoms. The van der Waals surface area contributed by atoms with Crippen LogP contribution in [0, 0.1) is 11.6 Å². The molecule has 33 heavy (non-hydrogen) atoms. The number of hydrogen-bond donors (Lipinski definition) is 0. The summed E-state index contributed by atoms with van der Waals surface area (Å²) in [6, 6.07) is 5.24. The molecule has 0 N–H and O–H groups in total. The van der Waals surface area contributed by atoms with Crippen molar-refractivity contribution in [2.45, 2.75) is 50.0 Å². The van der Waals surface area contributed by atoms with Crippen LogP contribution in [0.2, 0.25) is 0 Å². The Labute approximate surface area is 187 Å². The Morgan fingerprint density at radius 3 is 2.39 bits per heavy atom. The summed E-state index contributed by atoms with van der Waals surface area (Å²) in [7, 11) is 0. The maximum atomic E-state index is 13.7. The monoisotopic (exact) mass is 463 g/mol. The van der Waals surface area contributed by atoms with Gasteiger partial charge in [0, 0.05) is 38.2 Å². The van der Waals surface area contributed by atoms with E-state index in [0.29, 0.717) is 18.4 Å². The fourth-order valence-electron chi connectivity index (χ4n) is 5.05. The van der Waals surface area contributed by atoms with Gasteiger partial charge in [0.25, 0.3) is 18.2 Å². The first kappa shape index (κ1) is 21.8. The van der Waals surface area contributed by atoms with Crippen molar-refractivity contribution < 1.29 is 31.9 Å². The minimum absolute atomic E-state index is 0.197. The molecule has 2 aromatic rings. The highest BCUT2D eigenvalue weighted by Gasteiger charge is 2.58. The van der Waals surface area contributed by atoms with Gasteiger partial charge in [0.2, 0.25) is 0 Å². The van der Waals surface area contributed by atoms with Gasteiger partial charge in [-0.05, 0) is 42.7 Å². The van der Waals surface area contributed by atoms with Gasteiger partial charge in [-0.15, -0.1) is 0 Å². The average Bonchev–Trinajstić information content (AvgIpc) is 3.31. The lowest BCUT2D eigenvalue weighted by Crippen LogP contribution is -2.51. The van der Waals surface area contributed by atoms with Crippen molar-refractivity contribution in [3.63, 3.8) is 0 Å². The number of alkyl halides is 2. The molecule has 174 valence electrons. The van der Waals surface area contributed by atoms with Crippen LogP contribution in [0.15, 0.2) is 36.5 Å². The van der Waals surface area contributed by atoms with Gasteiger partial charge in [0.15, 0.2) is 5.60 Å².